The fourth-order valence-electron chi connectivity index (χ4n) is 4.65. The predicted molar refractivity (Wildman–Crippen MR) is 151 cm³/mol. The molecule has 1 N–H and O–H groups in total. The van der Waals surface area contributed by atoms with Gasteiger partial charge in [-0.3, -0.25) is 14.2 Å². The Morgan fingerprint density at radius 2 is 1.74 bits per heavy atom. The number of hydrogen-bond donors (Lipinski definition) is 1. The van der Waals surface area contributed by atoms with E-state index in [2.05, 4.69) is 10.3 Å². The van der Waals surface area contributed by atoms with Crippen LogP contribution >= 0.6 is 11.3 Å². The molecule has 1 aliphatic heterocycles. The van der Waals surface area contributed by atoms with E-state index in [0.29, 0.717) is 42.2 Å². The topological polar surface area (TPSA) is 111 Å². The number of ether oxygens (including phenoxy) is 1. The molecule has 39 heavy (non-hydrogen) atoms. The monoisotopic (exact) mass is 560 g/mol. The van der Waals surface area contributed by atoms with E-state index >= 15 is 0 Å². The van der Waals surface area contributed by atoms with Crippen LogP contribution in [0.5, 0.6) is 0 Å². The number of fused-ring (bicyclic) bond motifs is 2. The minimum atomic E-state index is -3.63. The Morgan fingerprint density at radius 3 is 2.51 bits per heavy atom. The molecule has 6 rings (SSSR count). The van der Waals surface area contributed by atoms with E-state index in [9.17, 15) is 18.0 Å². The summed E-state index contributed by atoms with van der Waals surface area (Å²) in [7, 11) is -3.63. The van der Waals surface area contributed by atoms with Crippen LogP contribution in [0.4, 0.5) is 5.69 Å². The molecule has 0 spiro atoms. The lowest BCUT2D eigenvalue weighted by Crippen LogP contribution is -2.40. The molecule has 2 aromatic heterocycles. The Morgan fingerprint density at radius 1 is 1.00 bits per heavy atom. The number of benzene rings is 3. The van der Waals surface area contributed by atoms with Crippen LogP contribution in [0.25, 0.3) is 32.1 Å². The number of rotatable bonds is 6. The van der Waals surface area contributed by atoms with Crippen molar-refractivity contribution in [2.24, 2.45) is 0 Å². The molecule has 1 aliphatic rings. The summed E-state index contributed by atoms with van der Waals surface area (Å²) in [5.74, 6) is -0.426. The zero-order valence-corrected chi connectivity index (χ0v) is 22.4. The van der Waals surface area contributed by atoms with E-state index in [1.165, 1.54) is 50.8 Å². The van der Waals surface area contributed by atoms with Crippen molar-refractivity contribution >= 4 is 53.9 Å². The van der Waals surface area contributed by atoms with E-state index < -0.39 is 15.9 Å². The van der Waals surface area contributed by atoms with Crippen LogP contribution in [0, 0.1) is 0 Å². The van der Waals surface area contributed by atoms with Crippen LogP contribution in [0.3, 0.4) is 0 Å². The van der Waals surface area contributed by atoms with Crippen molar-refractivity contribution in [1.82, 2.24) is 13.9 Å². The maximum Gasteiger partial charge on any atom is 0.263 e. The van der Waals surface area contributed by atoms with Gasteiger partial charge in [-0.1, -0.05) is 36.4 Å². The number of carbonyl (C=O) groups excluding carboxylic acids is 1. The van der Waals surface area contributed by atoms with Gasteiger partial charge in [0.05, 0.1) is 29.8 Å². The molecule has 3 aromatic carbocycles. The highest BCUT2D eigenvalue weighted by molar-refractivity contribution is 7.89. The first-order valence-corrected chi connectivity index (χ1v) is 14.7. The van der Waals surface area contributed by atoms with Crippen LogP contribution in [0.15, 0.2) is 88.1 Å². The van der Waals surface area contributed by atoms with Gasteiger partial charge in [0.2, 0.25) is 15.9 Å². The lowest BCUT2D eigenvalue weighted by atomic mass is 10.0. The number of amides is 1. The van der Waals surface area contributed by atoms with Crippen molar-refractivity contribution in [3.8, 4) is 11.1 Å². The van der Waals surface area contributed by atoms with Gasteiger partial charge in [0, 0.05) is 29.7 Å². The normalized spacial score (nSPS) is 14.6. The highest BCUT2D eigenvalue weighted by atomic mass is 32.2. The van der Waals surface area contributed by atoms with Gasteiger partial charge < -0.3 is 10.1 Å². The summed E-state index contributed by atoms with van der Waals surface area (Å²) in [4.78, 5) is 31.4. The molecule has 9 nitrogen and oxygen atoms in total. The molecule has 198 valence electrons. The van der Waals surface area contributed by atoms with Crippen LogP contribution in [0.2, 0.25) is 0 Å². The third-order valence-electron chi connectivity index (χ3n) is 6.68. The number of thiophene rings is 1. The molecule has 0 radical (unpaired) electrons. The first-order chi connectivity index (χ1) is 18.9. The zero-order valence-electron chi connectivity index (χ0n) is 20.7. The summed E-state index contributed by atoms with van der Waals surface area (Å²) < 4.78 is 33.5. The van der Waals surface area contributed by atoms with Gasteiger partial charge in [-0.05, 0) is 46.7 Å². The fraction of sp³-hybridized carbons (Fsp3) is 0.179. The second-order valence-corrected chi connectivity index (χ2v) is 12.0. The largest absolute Gasteiger partial charge is 0.379 e. The smallest absolute Gasteiger partial charge is 0.263 e. The first-order valence-electron chi connectivity index (χ1n) is 12.3. The van der Waals surface area contributed by atoms with Crippen molar-refractivity contribution in [2.45, 2.75) is 11.4 Å². The molecular formula is C28H24N4O5S2. The van der Waals surface area contributed by atoms with Crippen molar-refractivity contribution in [2.75, 3.05) is 31.6 Å². The van der Waals surface area contributed by atoms with Crippen molar-refractivity contribution in [1.29, 1.82) is 0 Å². The fourth-order valence-corrected chi connectivity index (χ4v) is 6.97. The minimum absolute atomic E-state index is 0.145. The van der Waals surface area contributed by atoms with Gasteiger partial charge in [-0.15, -0.1) is 11.3 Å². The molecular weight excluding hydrogens is 536 g/mol. The first kappa shape index (κ1) is 25.4. The number of carbonyl (C=O) groups is 1. The van der Waals surface area contributed by atoms with E-state index in [-0.39, 0.29) is 17.0 Å². The number of nitrogens with one attached hydrogen (secondary N) is 1. The van der Waals surface area contributed by atoms with E-state index in [1.807, 2.05) is 47.8 Å². The van der Waals surface area contributed by atoms with E-state index in [0.717, 1.165) is 21.9 Å². The Bertz CT molecular complexity index is 1860. The SMILES string of the molecule is O=C(Cn1cnc2scc(-c3ccc4ccccc4c3)c2c1=O)Nc1ccc(S(=O)(=O)N2CCOCC2)cc1. The third-order valence-corrected chi connectivity index (χ3v) is 9.48. The van der Waals surface area contributed by atoms with Gasteiger partial charge >= 0.3 is 0 Å². The highest BCUT2D eigenvalue weighted by Crippen LogP contribution is 2.32. The summed E-state index contributed by atoms with van der Waals surface area (Å²) in [6.45, 7) is 1.11. The van der Waals surface area contributed by atoms with Crippen molar-refractivity contribution in [3.63, 3.8) is 0 Å². The van der Waals surface area contributed by atoms with Gasteiger partial charge in [-0.2, -0.15) is 4.31 Å². The Labute approximate surface area is 228 Å². The minimum Gasteiger partial charge on any atom is -0.379 e. The van der Waals surface area contributed by atoms with Crippen molar-refractivity contribution < 1.29 is 17.9 Å². The zero-order chi connectivity index (χ0) is 27.0. The summed E-state index contributed by atoms with van der Waals surface area (Å²) in [5, 5.41) is 7.31. The Hall–Kier alpha value is -3.90. The average Bonchev–Trinajstić information content (AvgIpc) is 3.40. The predicted octanol–water partition coefficient (Wildman–Crippen LogP) is 3.94. The maximum absolute atomic E-state index is 13.4. The quantitative estimate of drug-likeness (QED) is 0.337. The van der Waals surface area contributed by atoms with E-state index in [4.69, 9.17) is 4.74 Å². The van der Waals surface area contributed by atoms with Crippen LogP contribution in [-0.2, 0) is 26.1 Å². The van der Waals surface area contributed by atoms with Crippen LogP contribution in [-0.4, -0.2) is 54.5 Å². The molecule has 5 aromatic rings. The second-order valence-electron chi connectivity index (χ2n) is 9.16. The molecule has 0 atom stereocenters. The molecule has 1 fully saturated rings. The Balaban J connectivity index is 1.21. The lowest BCUT2D eigenvalue weighted by Gasteiger charge is -2.26. The molecule has 0 aliphatic carbocycles. The van der Waals surface area contributed by atoms with E-state index in [1.54, 1.807) is 0 Å². The number of sulfonamides is 1. The summed E-state index contributed by atoms with van der Waals surface area (Å²) >= 11 is 1.39. The molecule has 11 heteroatoms. The van der Waals surface area contributed by atoms with Crippen LogP contribution < -0.4 is 10.9 Å². The molecule has 3 heterocycles. The Kier molecular flexibility index (Phi) is 6.73. The maximum atomic E-state index is 13.4. The van der Waals surface area contributed by atoms with Crippen LogP contribution in [0.1, 0.15) is 0 Å². The van der Waals surface area contributed by atoms with Gasteiger partial charge in [0.1, 0.15) is 11.4 Å². The molecule has 0 saturated carbocycles. The van der Waals surface area contributed by atoms with Gasteiger partial charge in [0.25, 0.3) is 5.56 Å². The molecule has 1 saturated heterocycles. The summed E-state index contributed by atoms with van der Waals surface area (Å²) in [6, 6.07) is 20.1. The standard InChI is InChI=1S/C28H24N4O5S2/c33-25(30-22-7-9-23(10-8-22)39(35,36)32-11-13-37-14-12-32)16-31-18-29-27-26(28(31)34)24(17-38-27)21-6-5-19-3-1-2-4-20(19)15-21/h1-10,15,17-18H,11-14,16H2,(H,30,33). The third kappa shape index (κ3) is 4.97. The van der Waals surface area contributed by atoms with Gasteiger partial charge in [0.15, 0.2) is 0 Å². The van der Waals surface area contributed by atoms with Crippen molar-refractivity contribution in [3.05, 3.63) is 88.8 Å². The molecule has 0 unspecified atom stereocenters. The number of anilines is 1. The molecule has 0 bridgehead atoms. The van der Waals surface area contributed by atoms with Gasteiger partial charge in [-0.25, -0.2) is 13.4 Å². The average molecular weight is 561 g/mol. The second kappa shape index (κ2) is 10.3. The number of hydrogen-bond acceptors (Lipinski definition) is 7. The highest BCUT2D eigenvalue weighted by Gasteiger charge is 2.26. The number of aromatic nitrogens is 2. The summed E-state index contributed by atoms with van der Waals surface area (Å²) in [5.41, 5.74) is 1.82. The lowest BCUT2D eigenvalue weighted by molar-refractivity contribution is -0.116. The number of morpholine rings is 1. The molecule has 1 amide bonds. The number of nitrogens with zero attached hydrogens (tertiary/aromatic N) is 3. The summed E-state index contributed by atoms with van der Waals surface area (Å²) in [6.07, 6.45) is 1.38.